The van der Waals surface area contributed by atoms with Crippen LogP contribution >= 0.6 is 0 Å². The fourth-order valence-electron chi connectivity index (χ4n) is 2.79. The van der Waals surface area contributed by atoms with Gasteiger partial charge in [-0.05, 0) is 36.4 Å². The quantitative estimate of drug-likeness (QED) is 0.307. The van der Waals surface area contributed by atoms with E-state index in [1.165, 1.54) is 41.3 Å². The van der Waals surface area contributed by atoms with Crippen molar-refractivity contribution in [3.63, 3.8) is 0 Å². The highest BCUT2D eigenvalue weighted by Crippen LogP contribution is 2.25. The second-order valence-corrected chi connectivity index (χ2v) is 6.33. The summed E-state index contributed by atoms with van der Waals surface area (Å²) in [6.07, 6.45) is 0.130. The zero-order chi connectivity index (χ0) is 22.2. The topological polar surface area (TPSA) is 127 Å². The number of nitro benzene ring substituents is 1. The monoisotopic (exact) mass is 419 g/mol. The summed E-state index contributed by atoms with van der Waals surface area (Å²) in [6.45, 7) is -0.353. The molecule has 9 heteroatoms. The second kappa shape index (κ2) is 9.84. The van der Waals surface area contributed by atoms with Crippen molar-refractivity contribution in [2.24, 2.45) is 0 Å². The Hall–Kier alpha value is -4.45. The van der Waals surface area contributed by atoms with Gasteiger partial charge in [0.05, 0.1) is 17.4 Å². The van der Waals surface area contributed by atoms with Gasteiger partial charge in [0.1, 0.15) is 5.76 Å². The van der Waals surface area contributed by atoms with Gasteiger partial charge in [0.25, 0.3) is 11.6 Å². The smallest absolute Gasteiger partial charge is 0.374 e. The summed E-state index contributed by atoms with van der Waals surface area (Å²) in [4.78, 5) is 36.4. The van der Waals surface area contributed by atoms with Crippen molar-refractivity contribution in [3.8, 4) is 17.4 Å². The van der Waals surface area contributed by atoms with Crippen LogP contribution < -0.4 is 4.90 Å². The van der Waals surface area contributed by atoms with Gasteiger partial charge in [0, 0.05) is 29.9 Å². The number of hydrogen-bond acceptors (Lipinski definition) is 7. The molecule has 1 amide bonds. The molecule has 0 saturated heterocycles. The molecule has 0 bridgehead atoms. The predicted octanol–water partition coefficient (Wildman–Crippen LogP) is 3.96. The number of nitriles is 1. The average molecular weight is 419 g/mol. The van der Waals surface area contributed by atoms with Gasteiger partial charge in [0.15, 0.2) is 6.61 Å². The van der Waals surface area contributed by atoms with Crippen molar-refractivity contribution in [3.05, 3.63) is 82.6 Å². The normalized spacial score (nSPS) is 10.2. The number of furan rings is 1. The minimum atomic E-state index is -0.824. The van der Waals surface area contributed by atoms with Crippen LogP contribution in [-0.2, 0) is 9.53 Å². The molecule has 0 atom stereocenters. The van der Waals surface area contributed by atoms with E-state index in [9.17, 15) is 19.7 Å². The molecule has 1 heterocycles. The summed E-state index contributed by atoms with van der Waals surface area (Å²) >= 11 is 0. The molecular formula is C22H17N3O6. The van der Waals surface area contributed by atoms with E-state index < -0.39 is 23.4 Å². The largest absolute Gasteiger partial charge is 0.450 e. The first-order valence-corrected chi connectivity index (χ1v) is 9.23. The van der Waals surface area contributed by atoms with Crippen LogP contribution in [-0.4, -0.2) is 30.0 Å². The average Bonchev–Trinajstić information content (AvgIpc) is 3.29. The van der Waals surface area contributed by atoms with E-state index in [0.717, 1.165) is 0 Å². The molecule has 0 aliphatic carbocycles. The number of rotatable bonds is 8. The summed E-state index contributed by atoms with van der Waals surface area (Å²) in [6, 6.07) is 19.3. The van der Waals surface area contributed by atoms with E-state index in [1.807, 2.05) is 6.07 Å². The molecule has 2 aromatic carbocycles. The highest BCUT2D eigenvalue weighted by molar-refractivity contribution is 5.96. The Balaban J connectivity index is 1.64. The molecule has 0 fully saturated rings. The van der Waals surface area contributed by atoms with Crippen LogP contribution in [0.25, 0.3) is 11.3 Å². The van der Waals surface area contributed by atoms with Crippen molar-refractivity contribution < 1.29 is 23.7 Å². The van der Waals surface area contributed by atoms with Crippen molar-refractivity contribution in [2.45, 2.75) is 6.42 Å². The Morgan fingerprint density at radius 1 is 1.06 bits per heavy atom. The molecule has 9 nitrogen and oxygen atoms in total. The minimum Gasteiger partial charge on any atom is -0.450 e. The Kier molecular flexibility index (Phi) is 6.75. The van der Waals surface area contributed by atoms with E-state index in [4.69, 9.17) is 14.4 Å². The van der Waals surface area contributed by atoms with Crippen LogP contribution in [0.3, 0.4) is 0 Å². The van der Waals surface area contributed by atoms with E-state index in [1.54, 1.807) is 30.3 Å². The van der Waals surface area contributed by atoms with Gasteiger partial charge in [0.2, 0.25) is 5.76 Å². The molecule has 0 unspecified atom stereocenters. The molecule has 0 saturated carbocycles. The van der Waals surface area contributed by atoms with Crippen LogP contribution in [0, 0.1) is 21.4 Å². The van der Waals surface area contributed by atoms with Crippen molar-refractivity contribution in [1.29, 1.82) is 5.26 Å². The summed E-state index contributed by atoms with van der Waals surface area (Å²) in [7, 11) is 0. The lowest BCUT2D eigenvalue weighted by atomic mass is 10.1. The van der Waals surface area contributed by atoms with Gasteiger partial charge < -0.3 is 14.1 Å². The second-order valence-electron chi connectivity index (χ2n) is 6.33. The number of para-hydroxylation sites is 1. The Morgan fingerprint density at radius 3 is 2.42 bits per heavy atom. The third-order valence-electron chi connectivity index (χ3n) is 4.31. The van der Waals surface area contributed by atoms with Gasteiger partial charge in [-0.2, -0.15) is 5.26 Å². The first kappa shape index (κ1) is 21.3. The first-order chi connectivity index (χ1) is 15.0. The maximum Gasteiger partial charge on any atom is 0.374 e. The van der Waals surface area contributed by atoms with Crippen molar-refractivity contribution >= 4 is 23.3 Å². The summed E-state index contributed by atoms with van der Waals surface area (Å²) < 4.78 is 10.5. The molecule has 3 rings (SSSR count). The third kappa shape index (κ3) is 5.33. The minimum absolute atomic E-state index is 0.0622. The number of amides is 1. The lowest BCUT2D eigenvalue weighted by Crippen LogP contribution is -2.35. The van der Waals surface area contributed by atoms with E-state index in [0.29, 0.717) is 17.0 Å². The van der Waals surface area contributed by atoms with Crippen LogP contribution in [0.1, 0.15) is 17.0 Å². The molecule has 0 aliphatic heterocycles. The molecule has 0 radical (unpaired) electrons. The van der Waals surface area contributed by atoms with E-state index in [2.05, 4.69) is 0 Å². The zero-order valence-electron chi connectivity index (χ0n) is 16.3. The highest BCUT2D eigenvalue weighted by Gasteiger charge is 2.20. The number of ether oxygens (including phenoxy) is 1. The number of carbonyl (C=O) groups is 2. The lowest BCUT2D eigenvalue weighted by Gasteiger charge is -2.21. The fourth-order valence-corrected chi connectivity index (χ4v) is 2.79. The Labute approximate surface area is 177 Å². The van der Waals surface area contributed by atoms with Gasteiger partial charge in [-0.3, -0.25) is 14.9 Å². The number of esters is 1. The lowest BCUT2D eigenvalue weighted by molar-refractivity contribution is -0.384. The molecule has 0 spiro atoms. The maximum atomic E-state index is 12.6. The number of nitro groups is 1. The number of nitrogens with zero attached hydrogens (tertiary/aromatic N) is 3. The SMILES string of the molecule is N#CCCN(C(=O)COC(=O)c1ccc(-c2ccc([N+](=O)[O-])cc2)o1)c1ccccc1. The molecular weight excluding hydrogens is 402 g/mol. The van der Waals surface area contributed by atoms with Crippen LogP contribution in [0.2, 0.25) is 0 Å². The summed E-state index contributed by atoms with van der Waals surface area (Å²) in [5.74, 6) is -1.08. The van der Waals surface area contributed by atoms with Gasteiger partial charge in [-0.15, -0.1) is 0 Å². The number of carbonyl (C=O) groups excluding carboxylic acids is 2. The third-order valence-corrected chi connectivity index (χ3v) is 4.31. The van der Waals surface area contributed by atoms with Gasteiger partial charge in [-0.1, -0.05) is 18.2 Å². The fraction of sp³-hybridized carbons (Fsp3) is 0.136. The number of hydrogen-bond donors (Lipinski definition) is 0. The zero-order valence-corrected chi connectivity index (χ0v) is 16.3. The summed E-state index contributed by atoms with van der Waals surface area (Å²) in [5, 5.41) is 19.6. The Bertz CT molecular complexity index is 1120. The maximum absolute atomic E-state index is 12.6. The standard InChI is InChI=1S/C22H17N3O6/c23-13-4-14-24(17-5-2-1-3-6-17)21(26)15-30-22(27)20-12-11-19(31-20)16-7-9-18(10-8-16)25(28)29/h1-3,5-12H,4,14-15H2. The summed E-state index contributed by atoms with van der Waals surface area (Å²) in [5.41, 5.74) is 1.08. The molecule has 3 aromatic rings. The van der Waals surface area contributed by atoms with Gasteiger partial charge >= 0.3 is 5.97 Å². The first-order valence-electron chi connectivity index (χ1n) is 9.23. The highest BCUT2D eigenvalue weighted by atomic mass is 16.6. The van der Waals surface area contributed by atoms with Crippen LogP contribution in [0.15, 0.2) is 71.1 Å². The van der Waals surface area contributed by atoms with Crippen molar-refractivity contribution in [2.75, 3.05) is 18.1 Å². The van der Waals surface area contributed by atoms with Crippen LogP contribution in [0.5, 0.6) is 0 Å². The molecule has 31 heavy (non-hydrogen) atoms. The molecule has 0 aliphatic rings. The van der Waals surface area contributed by atoms with Crippen LogP contribution in [0.4, 0.5) is 11.4 Å². The number of non-ortho nitro benzene ring substituents is 1. The van der Waals surface area contributed by atoms with E-state index in [-0.39, 0.29) is 24.4 Å². The predicted molar refractivity (Wildman–Crippen MR) is 110 cm³/mol. The van der Waals surface area contributed by atoms with Gasteiger partial charge in [-0.25, -0.2) is 4.79 Å². The number of benzene rings is 2. The molecule has 1 aromatic heterocycles. The molecule has 0 N–H and O–H groups in total. The van der Waals surface area contributed by atoms with E-state index >= 15 is 0 Å². The Morgan fingerprint density at radius 2 is 1.77 bits per heavy atom. The van der Waals surface area contributed by atoms with Crippen molar-refractivity contribution in [1.82, 2.24) is 0 Å². The molecule has 156 valence electrons. The number of anilines is 1.